The van der Waals surface area contributed by atoms with E-state index in [-0.39, 0.29) is 18.0 Å². The number of imidazole rings is 1. The van der Waals surface area contributed by atoms with Crippen molar-refractivity contribution < 1.29 is 46.9 Å². The molecule has 2 unspecified atom stereocenters. The number of hydrogen-bond donors (Lipinski definition) is 3. The van der Waals surface area contributed by atoms with E-state index in [1.807, 2.05) is 0 Å². The largest absolute Gasteiger partial charge is 0.469 e. The second-order valence-electron chi connectivity index (χ2n) is 11.7. The number of anilines is 2. The second kappa shape index (κ2) is 14.6. The Morgan fingerprint density at radius 1 is 1.23 bits per heavy atom. The summed E-state index contributed by atoms with van der Waals surface area (Å²) in [7, 11) is 0.0930. The van der Waals surface area contributed by atoms with Gasteiger partial charge in [0.2, 0.25) is 5.95 Å². The first kappa shape index (κ1) is 36.1. The number of nitrogens with two attached hydrogens (primary N) is 1. The Balaban J connectivity index is 1.63. The van der Waals surface area contributed by atoms with E-state index in [0.717, 1.165) is 6.92 Å². The molecule has 7 atom stereocenters. The number of halogens is 1. The normalized spacial score (nSPS) is 23.7. The van der Waals surface area contributed by atoms with Gasteiger partial charge in [-0.15, -0.1) is 0 Å². The Morgan fingerprint density at radius 3 is 2.53 bits per heavy atom. The predicted molar refractivity (Wildman–Crippen MR) is 168 cm³/mol. The average molecular weight is 682 g/mol. The summed E-state index contributed by atoms with van der Waals surface area (Å²) in [5.74, 6) is -1.12. The number of methoxy groups -OCH3 is 1. The Kier molecular flexibility index (Phi) is 11.2. The Morgan fingerprint density at radius 2 is 1.91 bits per heavy atom. The van der Waals surface area contributed by atoms with Gasteiger partial charge in [-0.3, -0.25) is 23.2 Å². The summed E-state index contributed by atoms with van der Waals surface area (Å²) in [5.41, 5.74) is 4.42. The van der Waals surface area contributed by atoms with Gasteiger partial charge in [0.1, 0.15) is 24.4 Å². The Bertz CT molecular complexity index is 1610. The van der Waals surface area contributed by atoms with Gasteiger partial charge in [0.05, 0.1) is 32.6 Å². The molecule has 1 saturated heterocycles. The van der Waals surface area contributed by atoms with Crippen LogP contribution in [0.3, 0.4) is 0 Å². The maximum absolute atomic E-state index is 16.2. The van der Waals surface area contributed by atoms with Crippen LogP contribution in [-0.4, -0.2) is 94.4 Å². The first-order valence-corrected chi connectivity index (χ1v) is 16.3. The fourth-order valence-electron chi connectivity index (χ4n) is 4.93. The molecule has 3 aromatic rings. The molecule has 1 aliphatic rings. The molecule has 18 heteroatoms. The predicted octanol–water partition coefficient (Wildman–Crippen LogP) is 2.84. The van der Waals surface area contributed by atoms with Crippen molar-refractivity contribution in [3.8, 4) is 0 Å². The number of carbonyl (C=O) groups is 2. The summed E-state index contributed by atoms with van der Waals surface area (Å²) in [6, 6.07) is 7.20. The fraction of sp³-hybridized carbons (Fsp3) is 0.552. The lowest BCUT2D eigenvalue weighted by atomic mass is 9.98. The van der Waals surface area contributed by atoms with Crippen LogP contribution in [0.25, 0.3) is 11.2 Å². The minimum atomic E-state index is -4.56. The Hall–Kier alpha value is -3.73. The minimum Gasteiger partial charge on any atom is -0.469 e. The summed E-state index contributed by atoms with van der Waals surface area (Å²) in [6.07, 6.45) is -5.36. The summed E-state index contributed by atoms with van der Waals surface area (Å²) in [5, 5.41) is 13.6. The highest BCUT2D eigenvalue weighted by atomic mass is 31.2. The van der Waals surface area contributed by atoms with E-state index in [1.165, 1.54) is 24.9 Å². The third kappa shape index (κ3) is 8.23. The first-order valence-electron chi connectivity index (χ1n) is 14.8. The van der Waals surface area contributed by atoms with Crippen molar-refractivity contribution in [3.63, 3.8) is 0 Å². The molecule has 2 aromatic heterocycles. The quantitative estimate of drug-likeness (QED) is 0.165. The van der Waals surface area contributed by atoms with Gasteiger partial charge in [-0.05, 0) is 33.3 Å². The third-order valence-electron chi connectivity index (χ3n) is 7.30. The van der Waals surface area contributed by atoms with Gasteiger partial charge in [-0.25, -0.2) is 19.0 Å². The highest BCUT2D eigenvalue weighted by molar-refractivity contribution is 7.51. The molecule has 0 aliphatic carbocycles. The number of aromatic nitrogens is 4. The molecule has 0 saturated carbocycles. The van der Waals surface area contributed by atoms with Gasteiger partial charge < -0.3 is 30.0 Å². The van der Waals surface area contributed by atoms with Crippen molar-refractivity contribution >= 4 is 42.6 Å². The SMILES string of the molecule is COC(=O)CC(OP(=O)(N[C@@H](C)C(=O)OC(C)C)OC[C@H]1O[C@@H](n2cnc3c(N(C)C)nc(N)nc32)[C@](C)(F)[C@@H]1O)c1ccccc1. The van der Waals surface area contributed by atoms with E-state index in [1.54, 1.807) is 63.2 Å². The first-order chi connectivity index (χ1) is 22.1. The molecule has 258 valence electrons. The standard InChI is InChI=1S/C29H41FN7O9P/c1-16(2)44-26(40)17(3)35-47(41,46-19(13-21(38)42-7)18-11-9-8-10-12-18)43-14-20-23(39)29(4,30)27(45-20)37-15-32-22-24(36(5)6)33-28(31)34-25(22)37/h8-12,15-17,19-20,23,27,39H,13-14H2,1-7H3,(H,35,41)(H2,31,33,34)/t17-,19?,20+,23+,27+,29+,47?/m0/s1. The number of ether oxygens (including phenoxy) is 3. The van der Waals surface area contributed by atoms with Crippen LogP contribution in [0, 0.1) is 0 Å². The second-order valence-corrected chi connectivity index (χ2v) is 13.4. The number of aliphatic hydroxyl groups is 1. The summed E-state index contributed by atoms with van der Waals surface area (Å²) in [6.45, 7) is 5.14. The van der Waals surface area contributed by atoms with Crippen LogP contribution in [0.4, 0.5) is 16.2 Å². The van der Waals surface area contributed by atoms with Gasteiger partial charge >= 0.3 is 19.7 Å². The van der Waals surface area contributed by atoms with Crippen LogP contribution in [0.1, 0.15) is 52.0 Å². The van der Waals surface area contributed by atoms with Crippen molar-refractivity contribution in [2.75, 3.05) is 38.4 Å². The molecule has 4 rings (SSSR count). The molecule has 1 fully saturated rings. The molecule has 4 N–H and O–H groups in total. The molecule has 1 aliphatic heterocycles. The lowest BCUT2D eigenvalue weighted by molar-refractivity contribution is -0.149. The topological polar surface area (TPSA) is 202 Å². The monoisotopic (exact) mass is 681 g/mol. The lowest BCUT2D eigenvalue weighted by Crippen LogP contribution is -2.41. The number of benzene rings is 1. The number of rotatable bonds is 14. The summed E-state index contributed by atoms with van der Waals surface area (Å²) in [4.78, 5) is 39.3. The van der Waals surface area contributed by atoms with Crippen LogP contribution in [0.5, 0.6) is 0 Å². The van der Waals surface area contributed by atoms with E-state index in [9.17, 15) is 19.3 Å². The van der Waals surface area contributed by atoms with E-state index >= 15 is 4.39 Å². The fourth-order valence-corrected chi connectivity index (χ4v) is 6.58. The van der Waals surface area contributed by atoms with Crippen LogP contribution >= 0.6 is 7.75 Å². The van der Waals surface area contributed by atoms with Crippen molar-refractivity contribution in [2.45, 2.75) is 76.5 Å². The summed E-state index contributed by atoms with van der Waals surface area (Å²) < 4.78 is 59.4. The third-order valence-corrected chi connectivity index (χ3v) is 9.02. The highest BCUT2D eigenvalue weighted by Gasteiger charge is 2.56. The van der Waals surface area contributed by atoms with Crippen molar-refractivity contribution in [1.82, 2.24) is 24.6 Å². The van der Waals surface area contributed by atoms with Crippen LogP contribution in [-0.2, 0) is 37.4 Å². The van der Waals surface area contributed by atoms with Crippen LogP contribution in [0.2, 0.25) is 0 Å². The average Bonchev–Trinajstić information content (AvgIpc) is 3.52. The number of fused-ring (bicyclic) bond motifs is 1. The maximum Gasteiger partial charge on any atom is 0.406 e. The molecule has 0 radical (unpaired) electrons. The molecule has 16 nitrogen and oxygen atoms in total. The number of nitrogen functional groups attached to an aromatic ring is 1. The molecule has 3 heterocycles. The number of carbonyl (C=O) groups excluding carboxylic acids is 2. The molecular weight excluding hydrogens is 640 g/mol. The number of nitrogens with one attached hydrogen (secondary N) is 1. The van der Waals surface area contributed by atoms with E-state index in [2.05, 4.69) is 20.0 Å². The number of hydrogen-bond acceptors (Lipinski definition) is 14. The zero-order chi connectivity index (χ0) is 34.7. The number of nitrogens with zero attached hydrogens (tertiary/aromatic N) is 5. The minimum absolute atomic E-state index is 0.0869. The molecule has 1 aromatic carbocycles. The van der Waals surface area contributed by atoms with E-state index in [0.29, 0.717) is 16.9 Å². The zero-order valence-electron chi connectivity index (χ0n) is 27.2. The number of alkyl halides is 1. The molecule has 0 amide bonds. The van der Waals surface area contributed by atoms with Gasteiger partial charge in [0.15, 0.2) is 28.9 Å². The Labute approximate surface area is 271 Å². The molecule has 0 spiro atoms. The van der Waals surface area contributed by atoms with Crippen LogP contribution in [0.15, 0.2) is 36.7 Å². The highest BCUT2D eigenvalue weighted by Crippen LogP contribution is 2.51. The number of aliphatic hydroxyl groups excluding tert-OH is 1. The van der Waals surface area contributed by atoms with Gasteiger partial charge in [-0.2, -0.15) is 9.97 Å². The van der Waals surface area contributed by atoms with Crippen molar-refractivity contribution in [2.24, 2.45) is 0 Å². The van der Waals surface area contributed by atoms with Gasteiger partial charge in [-0.1, -0.05) is 30.3 Å². The maximum atomic E-state index is 16.2. The van der Waals surface area contributed by atoms with E-state index < -0.39 is 68.6 Å². The molecular formula is C29H41FN7O9P. The smallest absolute Gasteiger partial charge is 0.406 e. The summed E-state index contributed by atoms with van der Waals surface area (Å²) >= 11 is 0. The zero-order valence-corrected chi connectivity index (χ0v) is 28.1. The van der Waals surface area contributed by atoms with E-state index in [4.69, 9.17) is 29.0 Å². The molecule has 0 bridgehead atoms. The van der Waals surface area contributed by atoms with Crippen molar-refractivity contribution in [3.05, 3.63) is 42.2 Å². The number of esters is 2. The van der Waals surface area contributed by atoms with Gasteiger partial charge in [0, 0.05) is 14.1 Å². The molecule has 47 heavy (non-hydrogen) atoms. The van der Waals surface area contributed by atoms with Crippen molar-refractivity contribution in [1.29, 1.82) is 0 Å². The van der Waals surface area contributed by atoms with Gasteiger partial charge in [0.25, 0.3) is 0 Å². The lowest BCUT2D eigenvalue weighted by Gasteiger charge is -2.28. The van der Waals surface area contributed by atoms with Crippen LogP contribution < -0.4 is 15.7 Å².